The molecule has 5 aromatic rings. The van der Waals surface area contributed by atoms with Crippen LogP contribution in [0.25, 0.3) is 39.7 Å². The van der Waals surface area contributed by atoms with E-state index < -0.39 is 7.25 Å². The minimum absolute atomic E-state index is 1.03. The van der Waals surface area contributed by atoms with Crippen molar-refractivity contribution in [1.29, 1.82) is 0 Å². The summed E-state index contributed by atoms with van der Waals surface area (Å²) in [6.45, 7) is 0. The van der Waals surface area contributed by atoms with E-state index in [4.69, 9.17) is 5.10 Å². The highest BCUT2D eigenvalue weighted by Crippen LogP contribution is 2.29. The molecule has 1 aromatic heterocycles. The Kier molecular flexibility index (Phi) is 9.19. The molecule has 0 atom stereocenters. The quantitative estimate of drug-likeness (QED) is 0.0914. The van der Waals surface area contributed by atoms with E-state index >= 15 is 0 Å². The number of rotatable bonds is 6. The summed E-state index contributed by atoms with van der Waals surface area (Å²) >= 11 is 0. The zero-order valence-electron chi connectivity index (χ0n) is 20.9. The van der Waals surface area contributed by atoms with Gasteiger partial charge in [0.15, 0.2) is 0 Å². The van der Waals surface area contributed by atoms with Gasteiger partial charge in [-0.3, -0.25) is 0 Å². The third kappa shape index (κ3) is 8.37. The lowest BCUT2D eigenvalue weighted by molar-refractivity contribution is -0.656. The van der Waals surface area contributed by atoms with Crippen LogP contribution in [0.4, 0.5) is 17.3 Å². The molecule has 0 aliphatic rings. The molecule has 1 heterocycles. The summed E-state index contributed by atoms with van der Waals surface area (Å²) in [4.78, 5) is 0. The number of halogens is 4. The Morgan fingerprint density at radius 2 is 0.897 bits per heavy atom. The Labute approximate surface area is 225 Å². The van der Waals surface area contributed by atoms with Gasteiger partial charge in [0.05, 0.1) is 6.21 Å². The van der Waals surface area contributed by atoms with Crippen LogP contribution >= 0.6 is 0 Å². The van der Waals surface area contributed by atoms with E-state index in [1.54, 1.807) is 0 Å². The minimum atomic E-state index is -6.00. The molecule has 4 aromatic carbocycles. The Hall–Kier alpha value is -4.78. The van der Waals surface area contributed by atoms with Crippen LogP contribution in [0.1, 0.15) is 5.56 Å². The van der Waals surface area contributed by atoms with Gasteiger partial charge in [0.2, 0.25) is 11.4 Å². The van der Waals surface area contributed by atoms with Gasteiger partial charge < -0.3 is 17.3 Å². The first-order valence-electron chi connectivity index (χ1n) is 12.3. The van der Waals surface area contributed by atoms with Crippen LogP contribution in [-0.4, -0.2) is 13.5 Å². The molecule has 7 heteroatoms. The summed E-state index contributed by atoms with van der Waals surface area (Å²) in [6, 6.07) is 46.0. The van der Waals surface area contributed by atoms with Crippen molar-refractivity contribution >= 4 is 19.5 Å². The highest BCUT2D eigenvalue weighted by molar-refractivity contribution is 6.50. The predicted octanol–water partition coefficient (Wildman–Crippen LogP) is 8.82. The number of benzene rings is 4. The molecule has 0 fully saturated rings. The van der Waals surface area contributed by atoms with E-state index in [1.807, 2.05) is 53.4 Å². The van der Waals surface area contributed by atoms with Crippen molar-refractivity contribution in [3.05, 3.63) is 145 Å². The molecular weight excluding hydrogens is 499 g/mol. The van der Waals surface area contributed by atoms with Crippen LogP contribution in [0.2, 0.25) is 0 Å². The molecule has 0 aliphatic carbocycles. The minimum Gasteiger partial charge on any atom is -0.418 e. The summed E-state index contributed by atoms with van der Waals surface area (Å²) in [5.74, 6) is 0. The van der Waals surface area contributed by atoms with Crippen LogP contribution in [0.3, 0.4) is 0 Å². The van der Waals surface area contributed by atoms with Gasteiger partial charge in [0.25, 0.3) is 0 Å². The smallest absolute Gasteiger partial charge is 0.418 e. The van der Waals surface area contributed by atoms with Gasteiger partial charge in [-0.05, 0) is 56.8 Å². The molecular formula is C32H25BF4N2. The third-order valence-electron chi connectivity index (χ3n) is 5.64. The molecule has 39 heavy (non-hydrogen) atoms. The SMILES string of the molecule is C(=C\c1ccccc1)/C=N/[n+]1c(-c2ccccc2)cc(-c2ccccc2)cc1-c1ccccc1.F[B-](F)(F)F. The number of allylic oxidation sites excluding steroid dienone is 1. The molecule has 5 rings (SSSR count). The fourth-order valence-corrected chi connectivity index (χ4v) is 3.96. The lowest BCUT2D eigenvalue weighted by Crippen LogP contribution is -2.33. The average molecular weight is 524 g/mol. The van der Waals surface area contributed by atoms with E-state index in [0.29, 0.717) is 0 Å². The van der Waals surface area contributed by atoms with Crippen molar-refractivity contribution in [2.75, 3.05) is 0 Å². The zero-order chi connectivity index (χ0) is 27.5. The lowest BCUT2D eigenvalue weighted by atomic mass is 10.00. The number of hydrogen-bond acceptors (Lipinski definition) is 1. The summed E-state index contributed by atoms with van der Waals surface area (Å²) in [5.41, 5.74) is 7.77. The molecule has 0 radical (unpaired) electrons. The fraction of sp³-hybridized carbons (Fsp3) is 0. The van der Waals surface area contributed by atoms with Gasteiger partial charge in [-0.15, -0.1) is 0 Å². The van der Waals surface area contributed by atoms with E-state index in [2.05, 4.69) is 103 Å². The molecule has 0 unspecified atom stereocenters. The highest BCUT2D eigenvalue weighted by Gasteiger charge is 2.23. The van der Waals surface area contributed by atoms with Crippen LogP contribution < -0.4 is 4.68 Å². The van der Waals surface area contributed by atoms with Gasteiger partial charge in [0.1, 0.15) is 0 Å². The Balaban J connectivity index is 0.000000648. The molecule has 0 bridgehead atoms. The van der Waals surface area contributed by atoms with Crippen LogP contribution in [0, 0.1) is 0 Å². The lowest BCUT2D eigenvalue weighted by Gasteiger charge is -2.08. The monoisotopic (exact) mass is 524 g/mol. The van der Waals surface area contributed by atoms with Gasteiger partial charge in [-0.1, -0.05) is 103 Å². The summed E-state index contributed by atoms with van der Waals surface area (Å²) < 4.78 is 41.0. The Bertz CT molecular complexity index is 1450. The molecule has 194 valence electrons. The van der Waals surface area contributed by atoms with E-state index in [1.165, 1.54) is 5.56 Å². The molecule has 0 saturated heterocycles. The second-order valence-corrected chi connectivity index (χ2v) is 8.45. The first-order valence-corrected chi connectivity index (χ1v) is 12.3. The van der Waals surface area contributed by atoms with Crippen molar-refractivity contribution in [2.45, 2.75) is 0 Å². The maximum atomic E-state index is 9.75. The predicted molar refractivity (Wildman–Crippen MR) is 152 cm³/mol. The number of hydrogen-bond donors (Lipinski definition) is 0. The highest BCUT2D eigenvalue weighted by atomic mass is 19.5. The van der Waals surface area contributed by atoms with Crippen LogP contribution in [0.5, 0.6) is 0 Å². The summed E-state index contributed by atoms with van der Waals surface area (Å²) in [7, 11) is -6.00. The van der Waals surface area contributed by atoms with Gasteiger partial charge >= 0.3 is 7.25 Å². The third-order valence-corrected chi connectivity index (χ3v) is 5.64. The second-order valence-electron chi connectivity index (χ2n) is 8.45. The number of nitrogens with zero attached hydrogens (tertiary/aromatic N) is 2. The maximum Gasteiger partial charge on any atom is 0.673 e. The molecule has 0 amide bonds. The first kappa shape index (κ1) is 27.3. The molecule has 0 N–H and O–H groups in total. The van der Waals surface area contributed by atoms with Crippen molar-refractivity contribution in [2.24, 2.45) is 5.10 Å². The van der Waals surface area contributed by atoms with E-state index in [9.17, 15) is 17.3 Å². The molecule has 0 aliphatic heterocycles. The average Bonchev–Trinajstić information content (AvgIpc) is 2.96. The molecule has 0 spiro atoms. The zero-order valence-corrected chi connectivity index (χ0v) is 20.9. The second kappa shape index (κ2) is 13.1. The van der Waals surface area contributed by atoms with Gasteiger partial charge in [-0.2, -0.15) is 0 Å². The number of aromatic nitrogens is 1. The Morgan fingerprint density at radius 3 is 1.33 bits per heavy atom. The standard InChI is InChI=1S/C32H25N2.BF4/c1-5-14-26(15-6-1)16-13-23-33-34-31(28-19-9-3-10-20-28)24-30(27-17-7-2-8-18-27)25-32(34)29-21-11-4-12-22-29;2-1(3,4)5/h1-25H;/q+1;-1/b16-13+,33-23+;. The van der Waals surface area contributed by atoms with Crippen molar-refractivity contribution in [1.82, 2.24) is 0 Å². The first-order chi connectivity index (χ1) is 18.9. The van der Waals surface area contributed by atoms with Crippen LogP contribution in [-0.2, 0) is 0 Å². The van der Waals surface area contributed by atoms with Crippen molar-refractivity contribution in [3.63, 3.8) is 0 Å². The number of pyridine rings is 1. The normalized spacial score (nSPS) is 11.4. The van der Waals surface area contributed by atoms with Crippen molar-refractivity contribution < 1.29 is 21.9 Å². The Morgan fingerprint density at radius 1 is 0.513 bits per heavy atom. The van der Waals surface area contributed by atoms with Crippen molar-refractivity contribution in [3.8, 4) is 33.6 Å². The van der Waals surface area contributed by atoms with Gasteiger partial charge in [0, 0.05) is 23.3 Å². The maximum absolute atomic E-state index is 9.75. The summed E-state index contributed by atoms with van der Waals surface area (Å²) in [5, 5.41) is 4.91. The van der Waals surface area contributed by atoms with E-state index in [-0.39, 0.29) is 0 Å². The molecule has 2 nitrogen and oxygen atoms in total. The largest absolute Gasteiger partial charge is 0.673 e. The summed E-state index contributed by atoms with van der Waals surface area (Å²) in [6.07, 6.45) is 5.90. The topological polar surface area (TPSA) is 16.2 Å². The van der Waals surface area contributed by atoms with Gasteiger partial charge in [-0.25, -0.2) is 0 Å². The molecule has 0 saturated carbocycles. The van der Waals surface area contributed by atoms with Crippen LogP contribution in [0.15, 0.2) is 145 Å². The van der Waals surface area contributed by atoms with E-state index in [0.717, 1.165) is 33.6 Å². The fourth-order valence-electron chi connectivity index (χ4n) is 3.96.